The van der Waals surface area contributed by atoms with E-state index in [4.69, 9.17) is 11.6 Å². The number of halogens is 1. The lowest BCUT2D eigenvalue weighted by molar-refractivity contribution is 0.0906. The standard InChI is InChI=1S/C18H21ClN4O3/c1-22-11-15(17(25)21-18(22)26)16(24)20-14-6-8-23(9-7-14)10-12-2-4-13(19)5-3-12/h2-5,11,14H,6-10H2,1H3,(H,20,24)(H,21,25,26). The van der Waals surface area contributed by atoms with Crippen LogP contribution in [0.25, 0.3) is 0 Å². The summed E-state index contributed by atoms with van der Waals surface area (Å²) < 4.78 is 1.19. The Morgan fingerprint density at radius 3 is 2.54 bits per heavy atom. The fourth-order valence-electron chi connectivity index (χ4n) is 3.07. The number of carbonyl (C=O) groups is 1. The van der Waals surface area contributed by atoms with Crippen molar-refractivity contribution in [3.05, 3.63) is 67.4 Å². The zero-order chi connectivity index (χ0) is 18.7. The van der Waals surface area contributed by atoms with Gasteiger partial charge in [0.15, 0.2) is 0 Å². The zero-order valence-electron chi connectivity index (χ0n) is 14.5. The zero-order valence-corrected chi connectivity index (χ0v) is 15.3. The number of nitrogens with one attached hydrogen (secondary N) is 2. The number of benzene rings is 1. The van der Waals surface area contributed by atoms with Crippen LogP contribution in [0.15, 0.2) is 40.1 Å². The van der Waals surface area contributed by atoms with Crippen molar-refractivity contribution in [2.24, 2.45) is 7.05 Å². The molecule has 0 aliphatic carbocycles. The Kier molecular flexibility index (Phi) is 5.58. The van der Waals surface area contributed by atoms with Gasteiger partial charge in [0.2, 0.25) is 0 Å². The van der Waals surface area contributed by atoms with Gasteiger partial charge in [-0.1, -0.05) is 23.7 Å². The van der Waals surface area contributed by atoms with E-state index in [-0.39, 0.29) is 11.6 Å². The Bertz CT molecular complexity index is 896. The van der Waals surface area contributed by atoms with Crippen molar-refractivity contribution >= 4 is 17.5 Å². The van der Waals surface area contributed by atoms with Crippen molar-refractivity contribution in [1.29, 1.82) is 0 Å². The van der Waals surface area contributed by atoms with E-state index >= 15 is 0 Å². The first-order valence-electron chi connectivity index (χ1n) is 8.50. The summed E-state index contributed by atoms with van der Waals surface area (Å²) in [6.45, 7) is 2.56. The molecule has 0 atom stereocenters. The van der Waals surface area contributed by atoms with Crippen LogP contribution in [0.1, 0.15) is 28.8 Å². The molecule has 0 spiro atoms. The first kappa shape index (κ1) is 18.4. The highest BCUT2D eigenvalue weighted by atomic mass is 35.5. The highest BCUT2D eigenvalue weighted by Gasteiger charge is 2.22. The van der Waals surface area contributed by atoms with Crippen LogP contribution in [0.4, 0.5) is 0 Å². The molecule has 3 rings (SSSR count). The lowest BCUT2D eigenvalue weighted by Crippen LogP contribution is -2.46. The molecule has 1 saturated heterocycles. The van der Waals surface area contributed by atoms with Gasteiger partial charge in [0, 0.05) is 43.9 Å². The molecule has 1 amide bonds. The molecule has 0 saturated carbocycles. The average Bonchev–Trinajstić information content (AvgIpc) is 2.61. The van der Waals surface area contributed by atoms with Crippen LogP contribution in [-0.4, -0.2) is 39.5 Å². The predicted molar refractivity (Wildman–Crippen MR) is 99.5 cm³/mol. The number of rotatable bonds is 4. The summed E-state index contributed by atoms with van der Waals surface area (Å²) in [5.41, 5.74) is -0.0443. The van der Waals surface area contributed by atoms with Gasteiger partial charge in [-0.3, -0.25) is 19.5 Å². The Hall–Kier alpha value is -2.38. The number of H-pyrrole nitrogens is 1. The Labute approximate surface area is 155 Å². The molecule has 0 bridgehead atoms. The van der Waals surface area contributed by atoms with Crippen LogP contribution in [-0.2, 0) is 13.6 Å². The van der Waals surface area contributed by atoms with Gasteiger partial charge in [-0.25, -0.2) is 4.79 Å². The van der Waals surface area contributed by atoms with E-state index < -0.39 is 17.2 Å². The first-order chi connectivity index (χ1) is 12.4. The molecule has 1 aromatic heterocycles. The van der Waals surface area contributed by atoms with Crippen molar-refractivity contribution in [3.63, 3.8) is 0 Å². The van der Waals surface area contributed by atoms with Gasteiger partial charge >= 0.3 is 5.69 Å². The number of aryl methyl sites for hydroxylation is 1. The average molecular weight is 377 g/mol. The quantitative estimate of drug-likeness (QED) is 0.837. The minimum absolute atomic E-state index is 0.0144. The number of hydrogen-bond acceptors (Lipinski definition) is 4. The number of aromatic nitrogens is 2. The van der Waals surface area contributed by atoms with Gasteiger partial charge in [0.1, 0.15) is 5.56 Å². The monoisotopic (exact) mass is 376 g/mol. The number of amides is 1. The van der Waals surface area contributed by atoms with Crippen molar-refractivity contribution < 1.29 is 4.79 Å². The molecule has 0 radical (unpaired) electrons. The van der Waals surface area contributed by atoms with Crippen molar-refractivity contribution in [3.8, 4) is 0 Å². The van der Waals surface area contributed by atoms with E-state index in [1.807, 2.05) is 24.3 Å². The smallest absolute Gasteiger partial charge is 0.328 e. The van der Waals surface area contributed by atoms with Crippen molar-refractivity contribution in [2.45, 2.75) is 25.4 Å². The topological polar surface area (TPSA) is 87.2 Å². The third-order valence-corrected chi connectivity index (χ3v) is 4.85. The highest BCUT2D eigenvalue weighted by molar-refractivity contribution is 6.30. The molecule has 26 heavy (non-hydrogen) atoms. The van der Waals surface area contributed by atoms with Gasteiger partial charge in [-0.2, -0.15) is 0 Å². The van der Waals surface area contributed by atoms with E-state index in [1.54, 1.807) is 0 Å². The molecular formula is C18H21ClN4O3. The van der Waals surface area contributed by atoms with Crippen LogP contribution in [0.3, 0.4) is 0 Å². The molecular weight excluding hydrogens is 356 g/mol. The second-order valence-corrected chi connectivity index (χ2v) is 7.00. The second kappa shape index (κ2) is 7.88. The largest absolute Gasteiger partial charge is 0.349 e. The maximum absolute atomic E-state index is 12.3. The van der Waals surface area contributed by atoms with Crippen molar-refractivity contribution in [1.82, 2.24) is 19.8 Å². The SMILES string of the molecule is Cn1cc(C(=O)NC2CCN(Cc3ccc(Cl)cc3)CC2)c(=O)[nH]c1=O. The number of likely N-dealkylation sites (tertiary alicyclic amines) is 1. The van der Waals surface area contributed by atoms with E-state index in [2.05, 4.69) is 15.2 Å². The Morgan fingerprint density at radius 1 is 1.23 bits per heavy atom. The third-order valence-electron chi connectivity index (χ3n) is 4.60. The molecule has 1 aromatic carbocycles. The molecule has 2 heterocycles. The normalized spacial score (nSPS) is 15.8. The maximum atomic E-state index is 12.3. The molecule has 2 aromatic rings. The van der Waals surface area contributed by atoms with E-state index in [0.29, 0.717) is 0 Å². The molecule has 2 N–H and O–H groups in total. The molecule has 1 fully saturated rings. The Morgan fingerprint density at radius 2 is 1.88 bits per heavy atom. The minimum atomic E-state index is -0.661. The number of nitrogens with zero attached hydrogens (tertiary/aromatic N) is 2. The van der Waals surface area contributed by atoms with Crippen LogP contribution in [0.2, 0.25) is 5.02 Å². The van der Waals surface area contributed by atoms with Gasteiger partial charge in [0.05, 0.1) is 0 Å². The lowest BCUT2D eigenvalue weighted by Gasteiger charge is -2.32. The predicted octanol–water partition coefficient (Wildman–Crippen LogP) is 1.12. The fraction of sp³-hybridized carbons (Fsp3) is 0.389. The van der Waals surface area contributed by atoms with Crippen LogP contribution < -0.4 is 16.6 Å². The third kappa shape index (κ3) is 4.42. The van der Waals surface area contributed by atoms with Crippen LogP contribution in [0.5, 0.6) is 0 Å². The molecule has 8 heteroatoms. The van der Waals surface area contributed by atoms with Crippen LogP contribution in [0, 0.1) is 0 Å². The summed E-state index contributed by atoms with van der Waals surface area (Å²) in [6, 6.07) is 7.81. The van der Waals surface area contributed by atoms with Gasteiger partial charge in [0.25, 0.3) is 11.5 Å². The number of hydrogen-bond donors (Lipinski definition) is 2. The molecule has 1 aliphatic rings. The van der Waals surface area contributed by atoms with E-state index in [9.17, 15) is 14.4 Å². The summed E-state index contributed by atoms with van der Waals surface area (Å²) in [4.78, 5) is 40.0. The fourth-order valence-corrected chi connectivity index (χ4v) is 3.20. The van der Waals surface area contributed by atoms with E-state index in [0.717, 1.165) is 37.5 Å². The number of piperidine rings is 1. The first-order valence-corrected chi connectivity index (χ1v) is 8.88. The molecule has 7 nitrogen and oxygen atoms in total. The van der Waals surface area contributed by atoms with Crippen molar-refractivity contribution in [2.75, 3.05) is 13.1 Å². The lowest BCUT2D eigenvalue weighted by atomic mass is 10.0. The van der Waals surface area contributed by atoms with E-state index in [1.165, 1.54) is 23.4 Å². The van der Waals surface area contributed by atoms with Crippen LogP contribution >= 0.6 is 11.6 Å². The second-order valence-electron chi connectivity index (χ2n) is 6.56. The summed E-state index contributed by atoms with van der Waals surface area (Å²) >= 11 is 5.90. The summed E-state index contributed by atoms with van der Waals surface area (Å²) in [7, 11) is 1.49. The Balaban J connectivity index is 1.54. The number of aromatic amines is 1. The van der Waals surface area contributed by atoms with Gasteiger partial charge < -0.3 is 9.88 Å². The van der Waals surface area contributed by atoms with Gasteiger partial charge in [-0.15, -0.1) is 0 Å². The minimum Gasteiger partial charge on any atom is -0.349 e. The maximum Gasteiger partial charge on any atom is 0.328 e. The molecule has 138 valence electrons. The molecule has 1 aliphatic heterocycles. The number of carbonyl (C=O) groups excluding carboxylic acids is 1. The highest BCUT2D eigenvalue weighted by Crippen LogP contribution is 2.16. The molecule has 0 unspecified atom stereocenters. The van der Waals surface area contributed by atoms with Gasteiger partial charge in [-0.05, 0) is 30.5 Å². The summed E-state index contributed by atoms with van der Waals surface area (Å²) in [5, 5.41) is 3.62. The summed E-state index contributed by atoms with van der Waals surface area (Å²) in [5.74, 6) is -0.446. The summed E-state index contributed by atoms with van der Waals surface area (Å²) in [6.07, 6.45) is 2.89.